The Morgan fingerprint density at radius 2 is 0.208 bits per heavy atom. The minimum atomic E-state index is 0. The van der Waals surface area contributed by atoms with Crippen LogP contribution in [0.3, 0.4) is 0 Å². The zero-order chi connectivity index (χ0) is 10.8. The summed E-state index contributed by atoms with van der Waals surface area (Å²) in [6.07, 6.45) is 8.00. The fourth-order valence-electron chi connectivity index (χ4n) is 0. The first-order valence-electron chi connectivity index (χ1n) is 4.62. The van der Waals surface area contributed by atoms with Crippen molar-refractivity contribution in [2.24, 2.45) is 0 Å². The van der Waals surface area contributed by atoms with E-state index in [9.17, 15) is 0 Å². The predicted molar refractivity (Wildman–Crippen MR) is 62.6 cm³/mol. The Labute approximate surface area is 458 Å². The Morgan fingerprint density at radius 1 is 0.208 bits per heavy atom. The first-order chi connectivity index (χ1) is 5.66. The molecule has 12 radical (unpaired) electrons. The Bertz CT molecular complexity index is 32.0. The van der Waals surface area contributed by atoms with Gasteiger partial charge in [0.2, 0.25) is 0 Å². The molecule has 0 amide bonds. The SMILES string of the molecule is C[CH-]C.C[CH-]C.C[CH-]C.C[CH-]C.[Y].[Y].[Y].[Y].[Y].[Y].[Y].[Y].[Y].[Y].[Y].[Y]. The maximum Gasteiger partial charge on any atom is 0 e. The number of hydrogen-bond donors (Lipinski definition) is 0. The van der Waals surface area contributed by atoms with E-state index >= 15 is 0 Å². The molecular weight excluding hydrogens is 1210 g/mol. The fraction of sp³-hybridized carbons (Fsp3) is 0.667. The van der Waals surface area contributed by atoms with E-state index in [-0.39, 0.29) is 393 Å². The molecule has 0 saturated heterocycles. The molecule has 116 valence electrons. The van der Waals surface area contributed by atoms with Crippen molar-refractivity contribution in [2.75, 3.05) is 0 Å². The third-order valence-electron chi connectivity index (χ3n) is 0. The molecule has 0 bridgehead atoms. The van der Waals surface area contributed by atoms with Gasteiger partial charge in [-0.3, -0.25) is 0 Å². The maximum atomic E-state index is 2.00. The van der Waals surface area contributed by atoms with E-state index in [0.717, 1.165) is 0 Å². The average molecular weight is 1240 g/mol. The zero-order valence-corrected chi connectivity index (χ0v) is 51.3. The molecule has 0 nitrogen and oxygen atoms in total. The van der Waals surface area contributed by atoms with Crippen LogP contribution in [-0.2, 0) is 393 Å². The van der Waals surface area contributed by atoms with E-state index in [0.29, 0.717) is 0 Å². The van der Waals surface area contributed by atoms with Crippen molar-refractivity contribution >= 4 is 0 Å². The standard InChI is InChI=1S/4C3H7.12Y/c4*1-3-2;;;;;;;;;;;;/h4*3H,1-2H3;;;;;;;;;;;;/q4*-1;;;;;;;;;;;;. The van der Waals surface area contributed by atoms with Crippen LogP contribution in [0.2, 0.25) is 0 Å². The molecule has 0 fully saturated rings. The quantitative estimate of drug-likeness (QED) is 0.304. The second kappa shape index (κ2) is 151. The number of hydrogen-bond acceptors (Lipinski definition) is 0. The Kier molecular flexibility index (Phi) is 684. The molecule has 0 unspecified atom stereocenters. The van der Waals surface area contributed by atoms with E-state index < -0.39 is 0 Å². The largest absolute Gasteiger partial charge is 0.335 e. The zero-order valence-electron chi connectivity index (χ0n) is 17.2. The van der Waals surface area contributed by atoms with Crippen LogP contribution in [0.1, 0.15) is 55.4 Å². The van der Waals surface area contributed by atoms with Gasteiger partial charge in [-0.25, -0.2) is 0 Å². The minimum absolute atomic E-state index is 0. The summed E-state index contributed by atoms with van der Waals surface area (Å²) >= 11 is 0. The topological polar surface area (TPSA) is 0 Å². The second-order valence-electron chi connectivity index (χ2n) is 2.31. The van der Waals surface area contributed by atoms with Crippen molar-refractivity contribution in [3.8, 4) is 0 Å². The summed E-state index contributed by atoms with van der Waals surface area (Å²) in [4.78, 5) is 0. The van der Waals surface area contributed by atoms with Crippen molar-refractivity contribution in [3.05, 3.63) is 25.7 Å². The molecule has 12 heteroatoms. The van der Waals surface area contributed by atoms with Gasteiger partial charge in [-0.1, -0.05) is 0 Å². The van der Waals surface area contributed by atoms with Crippen LogP contribution < -0.4 is 0 Å². The molecule has 0 aromatic heterocycles. The Morgan fingerprint density at radius 3 is 0.208 bits per heavy atom. The molecular formula is C12H28Y12-4. The monoisotopic (exact) mass is 1240 g/mol. The molecule has 0 aliphatic rings. The molecule has 0 atom stereocenters. The van der Waals surface area contributed by atoms with Gasteiger partial charge in [-0.15, -0.1) is 0 Å². The summed E-state index contributed by atoms with van der Waals surface area (Å²) in [5.41, 5.74) is 0. The van der Waals surface area contributed by atoms with Crippen molar-refractivity contribution < 1.29 is 393 Å². The van der Waals surface area contributed by atoms with Gasteiger partial charge in [0.1, 0.15) is 0 Å². The first-order valence-corrected chi connectivity index (χ1v) is 4.62. The van der Waals surface area contributed by atoms with Crippen LogP contribution in [0.5, 0.6) is 0 Å². The maximum absolute atomic E-state index is 2.00. The fourth-order valence-corrected chi connectivity index (χ4v) is 0. The van der Waals surface area contributed by atoms with Crippen LogP contribution in [0.25, 0.3) is 0 Å². The van der Waals surface area contributed by atoms with Crippen LogP contribution in [0.4, 0.5) is 0 Å². The van der Waals surface area contributed by atoms with Gasteiger partial charge in [-0.05, 0) is 0 Å². The van der Waals surface area contributed by atoms with Crippen LogP contribution in [-0.4, -0.2) is 0 Å². The van der Waals surface area contributed by atoms with E-state index in [4.69, 9.17) is 0 Å². The van der Waals surface area contributed by atoms with Crippen LogP contribution in [0.15, 0.2) is 0 Å². The van der Waals surface area contributed by atoms with Gasteiger partial charge in [0.05, 0.1) is 0 Å². The van der Waals surface area contributed by atoms with Crippen LogP contribution in [0, 0.1) is 25.7 Å². The molecule has 0 N–H and O–H groups in total. The molecule has 0 aliphatic carbocycles. The minimum Gasteiger partial charge on any atom is -0.335 e. The Hall–Kier alpha value is 13.2. The van der Waals surface area contributed by atoms with Gasteiger partial charge in [0.25, 0.3) is 0 Å². The van der Waals surface area contributed by atoms with E-state index in [1.165, 1.54) is 0 Å². The van der Waals surface area contributed by atoms with Gasteiger partial charge in [0, 0.05) is 393 Å². The average Bonchev–Trinajstić information content (AvgIpc) is 1.92. The summed E-state index contributed by atoms with van der Waals surface area (Å²) in [6.45, 7) is 16.0. The van der Waals surface area contributed by atoms with Gasteiger partial charge in [-0.2, -0.15) is 55.4 Å². The molecule has 24 heavy (non-hydrogen) atoms. The Balaban J connectivity index is -0.00000000218. The second-order valence-corrected chi connectivity index (χ2v) is 2.31. The summed E-state index contributed by atoms with van der Waals surface area (Å²) in [5, 5.41) is 0. The predicted octanol–water partition coefficient (Wildman–Crippen LogP) is 4.89. The van der Waals surface area contributed by atoms with Gasteiger partial charge in [0.15, 0.2) is 0 Å². The van der Waals surface area contributed by atoms with Gasteiger partial charge >= 0.3 is 0 Å². The van der Waals surface area contributed by atoms with Crippen molar-refractivity contribution in [3.63, 3.8) is 0 Å². The summed E-state index contributed by atoms with van der Waals surface area (Å²) in [6, 6.07) is 0. The smallest absolute Gasteiger partial charge is 0 e. The summed E-state index contributed by atoms with van der Waals surface area (Å²) < 4.78 is 0. The third-order valence-corrected chi connectivity index (χ3v) is 0. The van der Waals surface area contributed by atoms with Crippen molar-refractivity contribution in [1.29, 1.82) is 0 Å². The number of rotatable bonds is 0. The summed E-state index contributed by atoms with van der Waals surface area (Å²) in [7, 11) is 0. The molecule has 0 saturated carbocycles. The van der Waals surface area contributed by atoms with Gasteiger partial charge < -0.3 is 25.7 Å². The molecule has 0 spiro atoms. The molecule has 0 rings (SSSR count). The molecule has 0 heterocycles. The van der Waals surface area contributed by atoms with Crippen molar-refractivity contribution in [2.45, 2.75) is 55.4 Å². The normalized spacial score (nSPS) is 3.00. The van der Waals surface area contributed by atoms with E-state index in [2.05, 4.69) is 0 Å². The van der Waals surface area contributed by atoms with Crippen LogP contribution >= 0.6 is 0 Å². The first kappa shape index (κ1) is 108. The van der Waals surface area contributed by atoms with E-state index in [1.807, 2.05) is 81.1 Å². The van der Waals surface area contributed by atoms with Crippen molar-refractivity contribution in [1.82, 2.24) is 0 Å². The molecule has 0 aromatic rings. The molecule has 0 aromatic carbocycles. The molecule has 0 aliphatic heterocycles. The van der Waals surface area contributed by atoms with E-state index in [1.54, 1.807) is 0 Å². The summed E-state index contributed by atoms with van der Waals surface area (Å²) in [5.74, 6) is 0. The third kappa shape index (κ3) is 236.